The molecule has 1 aromatic carbocycles. The lowest BCUT2D eigenvalue weighted by atomic mass is 9.86. The van der Waals surface area contributed by atoms with Crippen LogP contribution in [0.3, 0.4) is 0 Å². The summed E-state index contributed by atoms with van der Waals surface area (Å²) in [6, 6.07) is 8.29. The third kappa shape index (κ3) is 10.5. The maximum Gasteiger partial charge on any atom is 0.245 e. The van der Waals surface area contributed by atoms with Crippen LogP contribution < -0.4 is 5.32 Å². The van der Waals surface area contributed by atoms with Crippen LogP contribution in [0.1, 0.15) is 79.4 Å². The number of aliphatic imine (C=N–C) groups is 1. The van der Waals surface area contributed by atoms with Crippen molar-refractivity contribution in [2.24, 2.45) is 4.99 Å². The van der Waals surface area contributed by atoms with E-state index < -0.39 is 5.92 Å². The molecule has 0 saturated heterocycles. The van der Waals surface area contributed by atoms with Gasteiger partial charge in [0.05, 0.1) is 11.7 Å². The van der Waals surface area contributed by atoms with E-state index in [1.165, 1.54) is 5.56 Å². The van der Waals surface area contributed by atoms with Crippen LogP contribution in [0, 0.1) is 0 Å². The lowest BCUT2D eigenvalue weighted by Gasteiger charge is -2.21. The van der Waals surface area contributed by atoms with Gasteiger partial charge in [0.2, 0.25) is 5.92 Å². The van der Waals surface area contributed by atoms with Gasteiger partial charge in [-0.25, -0.2) is 8.78 Å². The molecule has 0 spiro atoms. The molecule has 30 heavy (non-hydrogen) atoms. The molecule has 1 unspecified atom stereocenters. The molecule has 1 aromatic rings. The number of allylic oxidation sites excluding steroid dienone is 2. The zero-order valence-corrected chi connectivity index (χ0v) is 20.1. The molecule has 0 radical (unpaired) electrons. The molecule has 0 aliphatic heterocycles. The molecule has 0 aliphatic rings. The Morgan fingerprint density at radius 2 is 1.63 bits per heavy atom. The molecule has 0 aliphatic carbocycles. The normalized spacial score (nSPS) is 13.5. The van der Waals surface area contributed by atoms with E-state index in [2.05, 4.69) is 68.5 Å². The van der Waals surface area contributed by atoms with Crippen LogP contribution in [-0.2, 0) is 5.41 Å². The number of alkyl halides is 2. The Balaban J connectivity index is 0.00000407. The Labute approximate surface area is 182 Å². The number of rotatable bonds is 9. The molecule has 1 atom stereocenters. The fourth-order valence-corrected chi connectivity index (χ4v) is 2.64. The van der Waals surface area contributed by atoms with Gasteiger partial charge >= 0.3 is 0 Å². The summed E-state index contributed by atoms with van der Waals surface area (Å²) in [4.78, 5) is 4.42. The Morgan fingerprint density at radius 3 is 2.07 bits per heavy atom. The van der Waals surface area contributed by atoms with Crippen molar-refractivity contribution in [3.8, 4) is 0 Å². The van der Waals surface area contributed by atoms with Gasteiger partial charge in [0.25, 0.3) is 0 Å². The van der Waals surface area contributed by atoms with Crippen molar-refractivity contribution in [2.45, 2.75) is 85.6 Å². The average molecular weight is 419 g/mol. The number of halogens is 2. The Kier molecular flexibility index (Phi) is 11.5. The van der Waals surface area contributed by atoms with Crippen molar-refractivity contribution in [3.63, 3.8) is 0 Å². The van der Waals surface area contributed by atoms with Gasteiger partial charge in [-0.1, -0.05) is 78.1 Å². The SMILES string of the molecule is C=C(C=N/C(=C\C)C(C)NC(=C)c1ccc(C(C)(C)C)cc1)CCC(C)(F)F.CC. The lowest BCUT2D eigenvalue weighted by Crippen LogP contribution is -2.25. The molecular formula is C26H40F2N2. The van der Waals surface area contributed by atoms with Gasteiger partial charge in [-0.15, -0.1) is 0 Å². The quantitative estimate of drug-likeness (QED) is 0.405. The zero-order chi connectivity index (χ0) is 23.5. The predicted octanol–water partition coefficient (Wildman–Crippen LogP) is 7.93. The monoisotopic (exact) mass is 418 g/mol. The maximum absolute atomic E-state index is 13.0. The topological polar surface area (TPSA) is 24.4 Å². The van der Waals surface area contributed by atoms with Gasteiger partial charge in [-0.3, -0.25) is 4.99 Å². The first-order valence-corrected chi connectivity index (χ1v) is 10.7. The molecule has 0 heterocycles. The zero-order valence-electron chi connectivity index (χ0n) is 20.1. The molecule has 1 N–H and O–H groups in total. The summed E-state index contributed by atoms with van der Waals surface area (Å²) in [7, 11) is 0. The van der Waals surface area contributed by atoms with E-state index in [1.807, 2.05) is 33.8 Å². The first-order chi connectivity index (χ1) is 13.8. The van der Waals surface area contributed by atoms with Crippen LogP contribution in [0.15, 0.2) is 59.8 Å². The number of nitrogens with one attached hydrogen (secondary N) is 1. The van der Waals surface area contributed by atoms with Crippen LogP contribution in [0.5, 0.6) is 0 Å². The third-order valence-corrected chi connectivity index (χ3v) is 4.51. The fraction of sp³-hybridized carbons (Fsp3) is 0.500. The van der Waals surface area contributed by atoms with Gasteiger partial charge in [0.1, 0.15) is 0 Å². The highest BCUT2D eigenvalue weighted by atomic mass is 19.3. The van der Waals surface area contributed by atoms with Gasteiger partial charge in [0, 0.05) is 18.3 Å². The van der Waals surface area contributed by atoms with Crippen LogP contribution in [-0.4, -0.2) is 18.2 Å². The van der Waals surface area contributed by atoms with Crippen molar-refractivity contribution in [2.75, 3.05) is 0 Å². The van der Waals surface area contributed by atoms with E-state index in [9.17, 15) is 8.78 Å². The molecule has 0 amide bonds. The first kappa shape index (κ1) is 27.8. The number of hydrogen-bond donors (Lipinski definition) is 1. The van der Waals surface area contributed by atoms with Gasteiger partial charge < -0.3 is 5.32 Å². The van der Waals surface area contributed by atoms with E-state index in [0.29, 0.717) is 5.57 Å². The molecule has 4 heteroatoms. The summed E-state index contributed by atoms with van der Waals surface area (Å²) in [5.74, 6) is -2.69. The minimum absolute atomic E-state index is 0.0727. The minimum Gasteiger partial charge on any atom is -0.377 e. The molecule has 0 saturated carbocycles. The van der Waals surface area contributed by atoms with Crippen molar-refractivity contribution in [1.29, 1.82) is 0 Å². The second kappa shape index (κ2) is 12.5. The molecule has 1 rings (SSSR count). The molecule has 168 valence electrons. The summed E-state index contributed by atoms with van der Waals surface area (Å²) in [6.45, 7) is 23.3. The molecule has 0 aromatic heterocycles. The average Bonchev–Trinajstić information content (AvgIpc) is 2.67. The van der Waals surface area contributed by atoms with E-state index in [0.717, 1.165) is 23.9 Å². The van der Waals surface area contributed by atoms with E-state index in [4.69, 9.17) is 0 Å². The van der Waals surface area contributed by atoms with Crippen LogP contribution >= 0.6 is 0 Å². The largest absolute Gasteiger partial charge is 0.377 e. The van der Waals surface area contributed by atoms with Crippen molar-refractivity contribution in [3.05, 3.63) is 65.9 Å². The second-order valence-electron chi connectivity index (χ2n) is 8.37. The van der Waals surface area contributed by atoms with Gasteiger partial charge in [0.15, 0.2) is 0 Å². The Morgan fingerprint density at radius 1 is 1.10 bits per heavy atom. The third-order valence-electron chi connectivity index (χ3n) is 4.51. The van der Waals surface area contributed by atoms with Crippen LogP contribution in [0.25, 0.3) is 5.70 Å². The molecular weight excluding hydrogens is 378 g/mol. The lowest BCUT2D eigenvalue weighted by molar-refractivity contribution is 0.0137. The summed E-state index contributed by atoms with van der Waals surface area (Å²) < 4.78 is 25.9. The Bertz CT molecular complexity index is 730. The highest BCUT2D eigenvalue weighted by Gasteiger charge is 2.20. The van der Waals surface area contributed by atoms with Gasteiger partial charge in [-0.2, -0.15) is 0 Å². The molecule has 0 fully saturated rings. The summed E-state index contributed by atoms with van der Waals surface area (Å²) in [5, 5.41) is 3.36. The van der Waals surface area contributed by atoms with Crippen molar-refractivity contribution >= 4 is 11.9 Å². The smallest absolute Gasteiger partial charge is 0.245 e. The summed E-state index contributed by atoms with van der Waals surface area (Å²) in [6.07, 6.45) is 3.46. The van der Waals surface area contributed by atoms with E-state index in [-0.39, 0.29) is 24.3 Å². The second-order valence-corrected chi connectivity index (χ2v) is 8.37. The molecule has 0 bridgehead atoms. The highest BCUT2D eigenvalue weighted by molar-refractivity contribution is 5.78. The van der Waals surface area contributed by atoms with Crippen molar-refractivity contribution in [1.82, 2.24) is 5.32 Å². The Hall–Kier alpha value is -2.23. The summed E-state index contributed by atoms with van der Waals surface area (Å²) >= 11 is 0. The number of hydrogen-bond acceptors (Lipinski definition) is 2. The van der Waals surface area contributed by atoms with Gasteiger partial charge in [-0.05, 0) is 49.3 Å². The fourth-order valence-electron chi connectivity index (χ4n) is 2.64. The standard InChI is InChI=1S/C24H34F2N2.C2H6/c1-9-22(27-16-17(2)14-15-24(8,25)26)19(4)28-18(3)20-10-12-21(13-11-20)23(5,6)7;1-2/h9-13,16,19,28H,2-3,14-15H2,1,4-8H3;1-2H3/b22-9-,27-16?;. The number of nitrogens with zero attached hydrogens (tertiary/aromatic N) is 1. The predicted molar refractivity (Wildman–Crippen MR) is 129 cm³/mol. The van der Waals surface area contributed by atoms with E-state index in [1.54, 1.807) is 6.21 Å². The van der Waals surface area contributed by atoms with E-state index >= 15 is 0 Å². The minimum atomic E-state index is -2.69. The molecule has 2 nitrogen and oxygen atoms in total. The maximum atomic E-state index is 13.0. The first-order valence-electron chi connectivity index (χ1n) is 10.7. The number of benzene rings is 1. The van der Waals surface area contributed by atoms with Crippen LogP contribution in [0.2, 0.25) is 0 Å². The highest BCUT2D eigenvalue weighted by Crippen LogP contribution is 2.24. The summed E-state index contributed by atoms with van der Waals surface area (Å²) in [5.41, 5.74) is 4.60. The van der Waals surface area contributed by atoms with Crippen molar-refractivity contribution < 1.29 is 8.78 Å². The van der Waals surface area contributed by atoms with Crippen LogP contribution in [0.4, 0.5) is 8.78 Å².